The Morgan fingerprint density at radius 3 is 1.87 bits per heavy atom. The molecule has 0 spiro atoms. The van der Waals surface area contributed by atoms with E-state index in [0.717, 1.165) is 4.47 Å². The molecule has 0 N–H and O–H groups in total. The molecule has 0 bridgehead atoms. The largest absolute Gasteiger partial charge is 0.309 e. The molecule has 0 fully saturated rings. The molecule has 39 heavy (non-hydrogen) atoms. The molecule has 0 amide bonds. The maximum Gasteiger partial charge on any atom is 0.0547 e. The van der Waals surface area contributed by atoms with Crippen LogP contribution in [0, 0.1) is 0 Å². The van der Waals surface area contributed by atoms with Gasteiger partial charge in [0.15, 0.2) is 0 Å². The Hall–Kier alpha value is -4.18. The first kappa shape index (κ1) is 22.8. The van der Waals surface area contributed by atoms with Crippen molar-refractivity contribution in [2.75, 3.05) is 0 Å². The Bertz CT molecular complexity index is 2190. The fourth-order valence-electron chi connectivity index (χ4n) is 5.83. The first-order chi connectivity index (χ1) is 19.2. The molecule has 0 radical (unpaired) electrons. The van der Waals surface area contributed by atoms with Gasteiger partial charge in [-0.1, -0.05) is 94.8 Å². The van der Waals surface area contributed by atoms with Gasteiger partial charge in [-0.05, 0) is 76.9 Å². The van der Waals surface area contributed by atoms with E-state index in [0.29, 0.717) is 0 Å². The zero-order valence-corrected chi connectivity index (χ0v) is 23.3. The van der Waals surface area contributed by atoms with Gasteiger partial charge in [-0.3, -0.25) is 0 Å². The van der Waals surface area contributed by atoms with E-state index < -0.39 is 0 Å². The second-order valence-electron chi connectivity index (χ2n) is 9.96. The molecule has 8 aromatic rings. The van der Waals surface area contributed by atoms with Crippen LogP contribution in [0.5, 0.6) is 0 Å². The predicted molar refractivity (Wildman–Crippen MR) is 172 cm³/mol. The summed E-state index contributed by atoms with van der Waals surface area (Å²) in [6.45, 7) is 0. The molecule has 0 aliphatic rings. The van der Waals surface area contributed by atoms with Gasteiger partial charge >= 0.3 is 0 Å². The third-order valence-corrected chi connectivity index (χ3v) is 9.22. The molecule has 0 aliphatic carbocycles. The predicted octanol–water partition coefficient (Wildman–Crippen LogP) is 11.2. The molecule has 0 aliphatic heterocycles. The number of thiophene rings is 1. The molecule has 2 heterocycles. The highest BCUT2D eigenvalue weighted by molar-refractivity contribution is 9.10. The molecule has 0 saturated heterocycles. The summed E-state index contributed by atoms with van der Waals surface area (Å²) >= 11 is 5.68. The van der Waals surface area contributed by atoms with Gasteiger partial charge in [0.1, 0.15) is 0 Å². The van der Waals surface area contributed by atoms with Crippen LogP contribution in [0.1, 0.15) is 0 Å². The van der Waals surface area contributed by atoms with E-state index in [-0.39, 0.29) is 0 Å². The smallest absolute Gasteiger partial charge is 0.0547 e. The van der Waals surface area contributed by atoms with Crippen molar-refractivity contribution < 1.29 is 0 Å². The topological polar surface area (TPSA) is 4.93 Å². The van der Waals surface area contributed by atoms with Crippen molar-refractivity contribution in [3.05, 3.63) is 138 Å². The highest BCUT2D eigenvalue weighted by Crippen LogP contribution is 2.39. The second kappa shape index (κ2) is 8.94. The molecule has 2 aromatic heterocycles. The summed E-state index contributed by atoms with van der Waals surface area (Å²) in [5.41, 5.74) is 8.46. The van der Waals surface area contributed by atoms with Crippen LogP contribution < -0.4 is 0 Å². The van der Waals surface area contributed by atoms with Crippen molar-refractivity contribution in [3.8, 4) is 27.9 Å². The number of halogens is 1. The average molecular weight is 581 g/mol. The summed E-state index contributed by atoms with van der Waals surface area (Å²) < 4.78 is 6.11. The van der Waals surface area contributed by atoms with E-state index >= 15 is 0 Å². The lowest BCUT2D eigenvalue weighted by atomic mass is 9.97. The number of rotatable bonds is 3. The molecule has 6 aromatic carbocycles. The third-order valence-electron chi connectivity index (χ3n) is 7.63. The van der Waals surface area contributed by atoms with E-state index in [1.54, 1.807) is 0 Å². The summed E-state index contributed by atoms with van der Waals surface area (Å²) in [4.78, 5) is 0. The molecule has 8 rings (SSSR count). The summed E-state index contributed by atoms with van der Waals surface area (Å²) in [5.74, 6) is 0. The lowest BCUT2D eigenvalue weighted by molar-refractivity contribution is 1.18. The maximum atomic E-state index is 3.81. The summed E-state index contributed by atoms with van der Waals surface area (Å²) in [6.07, 6.45) is 0. The lowest BCUT2D eigenvalue weighted by Crippen LogP contribution is -1.93. The van der Waals surface area contributed by atoms with E-state index in [4.69, 9.17) is 0 Å². The van der Waals surface area contributed by atoms with E-state index in [2.05, 4.69) is 154 Å². The Kier molecular flexibility index (Phi) is 5.22. The average Bonchev–Trinajstić information content (AvgIpc) is 3.52. The molecular weight excluding hydrogens is 558 g/mol. The van der Waals surface area contributed by atoms with Crippen molar-refractivity contribution in [2.24, 2.45) is 0 Å². The number of aromatic nitrogens is 1. The van der Waals surface area contributed by atoms with Gasteiger partial charge in [0.25, 0.3) is 0 Å². The van der Waals surface area contributed by atoms with Crippen molar-refractivity contribution in [1.82, 2.24) is 4.57 Å². The number of para-hydroxylation sites is 2. The van der Waals surface area contributed by atoms with Crippen LogP contribution in [-0.2, 0) is 0 Å². The van der Waals surface area contributed by atoms with Crippen molar-refractivity contribution in [2.45, 2.75) is 0 Å². The van der Waals surface area contributed by atoms with Gasteiger partial charge < -0.3 is 4.57 Å². The van der Waals surface area contributed by atoms with Crippen LogP contribution in [0.25, 0.3) is 69.9 Å². The standard InChI is InChI=1S/C36H22BrNS/c37-27-19-25(18-26(20-27)24-15-17-32-31-11-5-7-13-35(31)39-36(32)22-24)23-14-16-30-29-10-4-6-12-33(29)38(34(30)21-23)28-8-2-1-3-9-28/h1-22H. The zero-order chi connectivity index (χ0) is 25.9. The van der Waals surface area contributed by atoms with Crippen LogP contribution in [-0.4, -0.2) is 4.57 Å². The Morgan fingerprint density at radius 1 is 0.436 bits per heavy atom. The van der Waals surface area contributed by atoms with Crippen molar-refractivity contribution >= 4 is 69.2 Å². The maximum absolute atomic E-state index is 3.81. The van der Waals surface area contributed by atoms with E-state index in [1.807, 2.05) is 11.3 Å². The molecule has 184 valence electrons. The van der Waals surface area contributed by atoms with Crippen molar-refractivity contribution in [3.63, 3.8) is 0 Å². The molecule has 3 heteroatoms. The number of hydrogen-bond donors (Lipinski definition) is 0. The number of fused-ring (bicyclic) bond motifs is 6. The van der Waals surface area contributed by atoms with Gasteiger partial charge in [-0.15, -0.1) is 11.3 Å². The number of nitrogens with zero attached hydrogens (tertiary/aromatic N) is 1. The highest BCUT2D eigenvalue weighted by atomic mass is 79.9. The van der Waals surface area contributed by atoms with Gasteiger partial charge in [0.2, 0.25) is 0 Å². The zero-order valence-electron chi connectivity index (χ0n) is 20.9. The van der Waals surface area contributed by atoms with Crippen LogP contribution in [0.15, 0.2) is 138 Å². The minimum atomic E-state index is 1.08. The number of hydrogen-bond acceptors (Lipinski definition) is 1. The Labute approximate surface area is 238 Å². The van der Waals surface area contributed by atoms with Crippen LogP contribution >= 0.6 is 27.3 Å². The van der Waals surface area contributed by atoms with E-state index in [1.165, 1.54) is 69.9 Å². The minimum absolute atomic E-state index is 1.08. The fraction of sp³-hybridized carbons (Fsp3) is 0. The molecule has 0 atom stereocenters. The van der Waals surface area contributed by atoms with Gasteiger partial charge in [-0.25, -0.2) is 0 Å². The number of benzene rings is 6. The van der Waals surface area contributed by atoms with Gasteiger partial charge in [0, 0.05) is 41.1 Å². The molecule has 1 nitrogen and oxygen atoms in total. The quantitative estimate of drug-likeness (QED) is 0.196. The van der Waals surface area contributed by atoms with Gasteiger partial charge in [-0.2, -0.15) is 0 Å². The van der Waals surface area contributed by atoms with Crippen LogP contribution in [0.4, 0.5) is 0 Å². The van der Waals surface area contributed by atoms with Crippen molar-refractivity contribution in [1.29, 1.82) is 0 Å². The highest BCUT2D eigenvalue weighted by Gasteiger charge is 2.14. The molecule has 0 unspecified atom stereocenters. The van der Waals surface area contributed by atoms with Gasteiger partial charge in [0.05, 0.1) is 11.0 Å². The monoisotopic (exact) mass is 579 g/mol. The summed E-state index contributed by atoms with van der Waals surface area (Å²) in [6, 6.07) is 48.5. The first-order valence-electron chi connectivity index (χ1n) is 13.0. The fourth-order valence-corrected chi connectivity index (χ4v) is 7.47. The first-order valence-corrected chi connectivity index (χ1v) is 14.7. The normalized spacial score (nSPS) is 11.7. The Morgan fingerprint density at radius 2 is 1.05 bits per heavy atom. The Balaban J connectivity index is 1.30. The molecule has 0 saturated carbocycles. The minimum Gasteiger partial charge on any atom is -0.309 e. The summed E-state index contributed by atoms with van der Waals surface area (Å²) in [7, 11) is 0. The van der Waals surface area contributed by atoms with Crippen LogP contribution in [0.2, 0.25) is 0 Å². The lowest BCUT2D eigenvalue weighted by Gasteiger charge is -2.11. The molecular formula is C36H22BrNS. The second-order valence-corrected chi connectivity index (χ2v) is 12.0. The third kappa shape index (κ3) is 3.73. The van der Waals surface area contributed by atoms with E-state index in [9.17, 15) is 0 Å². The SMILES string of the molecule is Brc1cc(-c2ccc3c(c2)sc2ccccc23)cc(-c2ccc3c4ccccc4n(-c4ccccc4)c3c2)c1. The van der Waals surface area contributed by atoms with Crippen LogP contribution in [0.3, 0.4) is 0 Å². The summed E-state index contributed by atoms with van der Waals surface area (Å²) in [5, 5.41) is 5.20.